The van der Waals surface area contributed by atoms with Crippen molar-refractivity contribution in [3.63, 3.8) is 0 Å². The average molecular weight is 458 g/mol. The zero-order valence-corrected chi connectivity index (χ0v) is 19.2. The molecule has 0 spiro atoms. The number of nitrogens with one attached hydrogen (secondary N) is 2. The number of benzene rings is 1. The second-order valence-corrected chi connectivity index (χ2v) is 9.50. The number of morpholine rings is 1. The molecular weight excluding hydrogens is 426 g/mol. The van der Waals surface area contributed by atoms with Crippen molar-refractivity contribution >= 4 is 21.8 Å². The van der Waals surface area contributed by atoms with E-state index in [2.05, 4.69) is 10.6 Å². The molecule has 1 aromatic rings. The Morgan fingerprint density at radius 3 is 2.19 bits per heavy atom. The van der Waals surface area contributed by atoms with Gasteiger partial charge in [0.1, 0.15) is 17.5 Å². The van der Waals surface area contributed by atoms with E-state index in [0.29, 0.717) is 37.8 Å². The first kappa shape index (κ1) is 24.9. The molecule has 1 aliphatic heterocycles. The van der Waals surface area contributed by atoms with Gasteiger partial charge in [-0.2, -0.15) is 4.31 Å². The molecule has 1 aromatic carbocycles. The Balaban J connectivity index is 1.98. The number of sulfonamides is 1. The van der Waals surface area contributed by atoms with Gasteiger partial charge < -0.3 is 24.8 Å². The fraction of sp³-hybridized carbons (Fsp3) is 0.600. The minimum Gasteiger partial charge on any atom is -0.497 e. The van der Waals surface area contributed by atoms with Crippen LogP contribution in [0.25, 0.3) is 0 Å². The van der Waals surface area contributed by atoms with Gasteiger partial charge in [-0.3, -0.25) is 9.59 Å². The molecule has 0 aliphatic carbocycles. The number of rotatable bonds is 10. The third kappa shape index (κ3) is 7.08. The standard InChI is InChI=1S/C20H31N3O7S/c1-14(2)18(22-19(24)15-11-16(28-3)13-17(12-15)29-4)20(25)21-5-10-31(26,27)23-6-8-30-9-7-23/h11-14,18H,5-10H2,1-4H3,(H,21,25)(H,22,24). The van der Waals surface area contributed by atoms with Crippen LogP contribution in [0.4, 0.5) is 0 Å². The van der Waals surface area contributed by atoms with E-state index in [1.54, 1.807) is 32.0 Å². The van der Waals surface area contributed by atoms with Crippen molar-refractivity contribution in [3.8, 4) is 11.5 Å². The Bertz CT molecular complexity index is 845. The minimum atomic E-state index is -3.48. The predicted molar refractivity (Wildman–Crippen MR) is 115 cm³/mol. The Morgan fingerprint density at radius 2 is 1.68 bits per heavy atom. The summed E-state index contributed by atoms with van der Waals surface area (Å²) in [5.74, 6) is -0.452. The van der Waals surface area contributed by atoms with Crippen LogP contribution in [0.1, 0.15) is 24.2 Å². The SMILES string of the molecule is COc1cc(OC)cc(C(=O)NC(C(=O)NCCS(=O)(=O)N2CCOCC2)C(C)C)c1. The number of methoxy groups -OCH3 is 2. The highest BCUT2D eigenvalue weighted by atomic mass is 32.2. The largest absolute Gasteiger partial charge is 0.497 e. The first-order chi connectivity index (χ1) is 14.7. The monoisotopic (exact) mass is 457 g/mol. The molecular formula is C20H31N3O7S. The van der Waals surface area contributed by atoms with Crippen LogP contribution >= 0.6 is 0 Å². The molecule has 1 saturated heterocycles. The normalized spacial score (nSPS) is 15.9. The van der Waals surface area contributed by atoms with Crippen LogP contribution in [-0.4, -0.2) is 83.4 Å². The van der Waals surface area contributed by atoms with E-state index in [9.17, 15) is 18.0 Å². The Hall–Kier alpha value is -2.37. The lowest BCUT2D eigenvalue weighted by Crippen LogP contribution is -2.51. The van der Waals surface area contributed by atoms with Gasteiger partial charge in [-0.15, -0.1) is 0 Å². The maximum atomic E-state index is 12.7. The molecule has 0 radical (unpaired) electrons. The molecule has 10 nitrogen and oxygen atoms in total. The van der Waals surface area contributed by atoms with Gasteiger partial charge in [0.2, 0.25) is 15.9 Å². The predicted octanol–water partition coefficient (Wildman–Crippen LogP) is 0.236. The fourth-order valence-corrected chi connectivity index (χ4v) is 4.39. The van der Waals surface area contributed by atoms with Gasteiger partial charge in [-0.05, 0) is 18.1 Å². The third-order valence-corrected chi connectivity index (χ3v) is 6.74. The molecule has 0 bridgehead atoms. The highest BCUT2D eigenvalue weighted by Crippen LogP contribution is 2.22. The van der Waals surface area contributed by atoms with Crippen molar-refractivity contribution in [2.24, 2.45) is 5.92 Å². The summed E-state index contributed by atoms with van der Waals surface area (Å²) < 4.78 is 41.6. The number of hydrogen-bond acceptors (Lipinski definition) is 7. The summed E-state index contributed by atoms with van der Waals surface area (Å²) in [6.45, 7) is 4.88. The second kappa shape index (κ2) is 11.3. The van der Waals surface area contributed by atoms with E-state index in [1.807, 2.05) is 0 Å². The summed E-state index contributed by atoms with van der Waals surface area (Å²) in [5, 5.41) is 5.33. The maximum absolute atomic E-state index is 12.7. The number of carbonyl (C=O) groups is 2. The number of carbonyl (C=O) groups excluding carboxylic acids is 2. The molecule has 0 aromatic heterocycles. The van der Waals surface area contributed by atoms with Gasteiger partial charge in [0.05, 0.1) is 33.2 Å². The van der Waals surface area contributed by atoms with Gasteiger partial charge in [-0.25, -0.2) is 8.42 Å². The quantitative estimate of drug-likeness (QED) is 0.516. The molecule has 174 valence electrons. The lowest BCUT2D eigenvalue weighted by Gasteiger charge is -2.26. The van der Waals surface area contributed by atoms with Crippen LogP contribution in [0.2, 0.25) is 0 Å². The summed E-state index contributed by atoms with van der Waals surface area (Å²) in [6, 6.07) is 3.89. The molecule has 1 atom stereocenters. The van der Waals surface area contributed by atoms with Crippen LogP contribution in [-0.2, 0) is 19.6 Å². The second-order valence-electron chi connectivity index (χ2n) is 7.41. The highest BCUT2D eigenvalue weighted by Gasteiger charge is 2.27. The number of amides is 2. The van der Waals surface area contributed by atoms with Crippen LogP contribution in [0, 0.1) is 5.92 Å². The van der Waals surface area contributed by atoms with Crippen LogP contribution in [0.3, 0.4) is 0 Å². The van der Waals surface area contributed by atoms with Gasteiger partial charge >= 0.3 is 0 Å². The van der Waals surface area contributed by atoms with Crippen molar-refractivity contribution in [1.82, 2.24) is 14.9 Å². The van der Waals surface area contributed by atoms with E-state index >= 15 is 0 Å². The summed E-state index contributed by atoms with van der Waals surface area (Å²) in [6.07, 6.45) is 0. The van der Waals surface area contributed by atoms with E-state index in [1.165, 1.54) is 18.5 Å². The number of ether oxygens (including phenoxy) is 3. The molecule has 1 fully saturated rings. The lowest BCUT2D eigenvalue weighted by atomic mass is 10.0. The summed E-state index contributed by atoms with van der Waals surface area (Å²) >= 11 is 0. The first-order valence-electron chi connectivity index (χ1n) is 10.0. The number of nitrogens with zero attached hydrogens (tertiary/aromatic N) is 1. The molecule has 1 heterocycles. The van der Waals surface area contributed by atoms with Gasteiger partial charge in [-0.1, -0.05) is 13.8 Å². The van der Waals surface area contributed by atoms with E-state index < -0.39 is 27.9 Å². The summed E-state index contributed by atoms with van der Waals surface area (Å²) in [4.78, 5) is 25.4. The molecule has 31 heavy (non-hydrogen) atoms. The van der Waals surface area contributed by atoms with Crippen molar-refractivity contribution in [3.05, 3.63) is 23.8 Å². The number of hydrogen-bond donors (Lipinski definition) is 2. The van der Waals surface area contributed by atoms with E-state index in [0.717, 1.165) is 0 Å². The van der Waals surface area contributed by atoms with Gasteiger partial charge in [0, 0.05) is 31.3 Å². The smallest absolute Gasteiger partial charge is 0.252 e. The molecule has 0 saturated carbocycles. The van der Waals surface area contributed by atoms with Crippen LogP contribution in [0.5, 0.6) is 11.5 Å². The van der Waals surface area contributed by atoms with Gasteiger partial charge in [0.25, 0.3) is 5.91 Å². The lowest BCUT2D eigenvalue weighted by molar-refractivity contribution is -0.123. The summed E-state index contributed by atoms with van der Waals surface area (Å²) in [7, 11) is -0.527. The van der Waals surface area contributed by atoms with E-state index in [-0.39, 0.29) is 23.8 Å². The van der Waals surface area contributed by atoms with Crippen molar-refractivity contribution in [2.75, 3.05) is 52.8 Å². The average Bonchev–Trinajstić information content (AvgIpc) is 2.76. The third-order valence-electron chi connectivity index (χ3n) is 4.87. The van der Waals surface area contributed by atoms with E-state index in [4.69, 9.17) is 14.2 Å². The Labute approximate surface area is 183 Å². The van der Waals surface area contributed by atoms with Gasteiger partial charge in [0.15, 0.2) is 0 Å². The first-order valence-corrected chi connectivity index (χ1v) is 11.7. The van der Waals surface area contributed by atoms with Crippen LogP contribution < -0.4 is 20.1 Å². The fourth-order valence-electron chi connectivity index (χ4n) is 3.07. The van der Waals surface area contributed by atoms with Crippen molar-refractivity contribution in [1.29, 1.82) is 0 Å². The summed E-state index contributed by atoms with van der Waals surface area (Å²) in [5.41, 5.74) is 0.282. The zero-order valence-electron chi connectivity index (χ0n) is 18.3. The topological polar surface area (TPSA) is 123 Å². The zero-order chi connectivity index (χ0) is 23.0. The molecule has 1 aliphatic rings. The molecule has 2 amide bonds. The van der Waals surface area contributed by atoms with Crippen molar-refractivity contribution < 1.29 is 32.2 Å². The highest BCUT2D eigenvalue weighted by molar-refractivity contribution is 7.89. The Kier molecular flexibility index (Phi) is 9.08. The molecule has 2 rings (SSSR count). The molecule has 11 heteroatoms. The maximum Gasteiger partial charge on any atom is 0.252 e. The Morgan fingerprint density at radius 1 is 1.10 bits per heavy atom. The molecule has 1 unspecified atom stereocenters. The minimum absolute atomic E-state index is 0.0510. The molecule has 2 N–H and O–H groups in total. The van der Waals surface area contributed by atoms with Crippen molar-refractivity contribution in [2.45, 2.75) is 19.9 Å². The van der Waals surface area contributed by atoms with Crippen LogP contribution in [0.15, 0.2) is 18.2 Å².